The highest BCUT2D eigenvalue weighted by atomic mass is 32.1. The van der Waals surface area contributed by atoms with Crippen LogP contribution in [0.25, 0.3) is 10.6 Å². The lowest BCUT2D eigenvalue weighted by molar-refractivity contribution is 0.180. The molecule has 0 amide bonds. The van der Waals surface area contributed by atoms with E-state index in [-0.39, 0.29) is 0 Å². The van der Waals surface area contributed by atoms with Crippen molar-refractivity contribution in [2.24, 2.45) is 5.73 Å². The molecule has 0 unspecified atom stereocenters. The third kappa shape index (κ3) is 2.75. The molecule has 5 heteroatoms. The summed E-state index contributed by atoms with van der Waals surface area (Å²) in [4.78, 5) is 9.78. The molecule has 0 radical (unpaired) electrons. The lowest BCUT2D eigenvalue weighted by Gasteiger charge is -2.17. The fourth-order valence-corrected chi connectivity index (χ4v) is 2.78. The molecule has 0 aliphatic heterocycles. The summed E-state index contributed by atoms with van der Waals surface area (Å²) in [7, 11) is 1.66. The van der Waals surface area contributed by atoms with Gasteiger partial charge in [-0.05, 0) is 26.0 Å². The van der Waals surface area contributed by atoms with E-state index in [0.717, 1.165) is 21.1 Å². The number of rotatable bonds is 4. The maximum Gasteiger partial charge on any atom is 0.125 e. The topological polar surface area (TPSA) is 61.0 Å². The second-order valence-electron chi connectivity index (χ2n) is 4.69. The highest BCUT2D eigenvalue weighted by molar-refractivity contribution is 7.15. The zero-order valence-electron chi connectivity index (χ0n) is 10.8. The van der Waals surface area contributed by atoms with E-state index in [1.54, 1.807) is 24.6 Å². The summed E-state index contributed by atoms with van der Waals surface area (Å²) in [5.41, 5.74) is 7.69. The van der Waals surface area contributed by atoms with Gasteiger partial charge in [-0.25, -0.2) is 4.98 Å². The summed E-state index contributed by atoms with van der Waals surface area (Å²) in [6, 6.07) is 3.90. The molecule has 2 aromatic rings. The van der Waals surface area contributed by atoms with Crippen LogP contribution in [0.5, 0.6) is 0 Å². The van der Waals surface area contributed by atoms with Crippen LogP contribution in [0, 0.1) is 0 Å². The molecule has 0 saturated heterocycles. The molecule has 0 aliphatic rings. The number of methoxy groups -OCH3 is 1. The van der Waals surface area contributed by atoms with Crippen LogP contribution in [0.1, 0.15) is 24.4 Å². The lowest BCUT2D eigenvalue weighted by atomic mass is 10.0. The molecule has 0 aromatic carbocycles. The summed E-state index contributed by atoms with van der Waals surface area (Å²) in [6.45, 7) is 4.44. The van der Waals surface area contributed by atoms with Crippen molar-refractivity contribution >= 4 is 11.3 Å². The molecule has 0 spiro atoms. The second kappa shape index (κ2) is 5.14. The molecule has 0 fully saturated rings. The van der Waals surface area contributed by atoms with E-state index in [4.69, 9.17) is 10.5 Å². The molecular weight excluding hydrogens is 246 g/mol. The lowest BCUT2D eigenvalue weighted by Crippen LogP contribution is -2.28. The summed E-state index contributed by atoms with van der Waals surface area (Å²) in [5, 5.41) is 0.934. The minimum absolute atomic E-state index is 0.411. The van der Waals surface area contributed by atoms with Crippen LogP contribution in [0.4, 0.5) is 0 Å². The maximum atomic E-state index is 6.18. The van der Waals surface area contributed by atoms with Crippen molar-refractivity contribution in [1.82, 2.24) is 9.97 Å². The number of ether oxygens (including phenoxy) is 1. The van der Waals surface area contributed by atoms with Crippen molar-refractivity contribution in [1.29, 1.82) is 0 Å². The van der Waals surface area contributed by atoms with Crippen molar-refractivity contribution in [3.8, 4) is 10.6 Å². The van der Waals surface area contributed by atoms with E-state index in [9.17, 15) is 0 Å². The molecular formula is C13H17N3OS. The van der Waals surface area contributed by atoms with E-state index in [1.165, 1.54) is 0 Å². The first kappa shape index (κ1) is 13.1. The van der Waals surface area contributed by atoms with Crippen LogP contribution in [0.2, 0.25) is 0 Å². The van der Waals surface area contributed by atoms with Gasteiger partial charge in [-0.15, -0.1) is 11.3 Å². The number of hydrogen-bond donors (Lipinski definition) is 1. The van der Waals surface area contributed by atoms with Gasteiger partial charge in [0.05, 0.1) is 12.3 Å². The molecule has 2 rings (SSSR count). The molecule has 0 saturated carbocycles. The third-order valence-electron chi connectivity index (χ3n) is 2.47. The number of thiazole rings is 1. The fraction of sp³-hybridized carbons (Fsp3) is 0.385. The third-order valence-corrected chi connectivity index (χ3v) is 3.96. The number of nitrogens with zero attached hydrogens (tertiary/aromatic N) is 2. The highest BCUT2D eigenvalue weighted by Crippen LogP contribution is 2.33. The first-order valence-corrected chi connectivity index (χ1v) is 6.52. The van der Waals surface area contributed by atoms with Gasteiger partial charge in [0, 0.05) is 35.5 Å². The van der Waals surface area contributed by atoms with Gasteiger partial charge < -0.3 is 10.5 Å². The molecule has 0 aliphatic carbocycles. The summed E-state index contributed by atoms with van der Waals surface area (Å²) < 4.78 is 5.19. The first-order chi connectivity index (χ1) is 8.52. The Labute approximate surface area is 111 Å². The van der Waals surface area contributed by atoms with E-state index < -0.39 is 5.54 Å². The van der Waals surface area contributed by atoms with Gasteiger partial charge in [0.25, 0.3) is 0 Å². The zero-order chi connectivity index (χ0) is 13.2. The zero-order valence-corrected chi connectivity index (χ0v) is 11.6. The van der Waals surface area contributed by atoms with Crippen LogP contribution in [0.15, 0.2) is 24.5 Å². The maximum absolute atomic E-state index is 6.18. The number of nitrogens with two attached hydrogens (primary N) is 1. The van der Waals surface area contributed by atoms with Crippen molar-refractivity contribution in [3.63, 3.8) is 0 Å². The van der Waals surface area contributed by atoms with Gasteiger partial charge in [0.15, 0.2) is 0 Å². The normalized spacial score (nSPS) is 11.8. The molecule has 2 heterocycles. The monoisotopic (exact) mass is 263 g/mol. The van der Waals surface area contributed by atoms with Gasteiger partial charge in [-0.3, -0.25) is 4.98 Å². The Morgan fingerprint density at radius 1 is 1.44 bits per heavy atom. The summed E-state index contributed by atoms with van der Waals surface area (Å²) >= 11 is 1.60. The number of hydrogen-bond acceptors (Lipinski definition) is 5. The Hall–Kier alpha value is -1.30. The Balaban J connectivity index is 2.46. The summed E-state index contributed by atoms with van der Waals surface area (Å²) in [5.74, 6) is 0. The molecule has 2 N–H and O–H groups in total. The van der Waals surface area contributed by atoms with Crippen LogP contribution in [0.3, 0.4) is 0 Å². The number of aromatic nitrogens is 2. The fourth-order valence-electron chi connectivity index (χ4n) is 1.70. The number of pyridine rings is 1. The standard InChI is InChI=1S/C13H17N3OS/c1-13(2,14)11-10(8-17-3)16-12(18-11)9-5-4-6-15-7-9/h4-7H,8,14H2,1-3H3. The average molecular weight is 263 g/mol. The van der Waals surface area contributed by atoms with Gasteiger partial charge in [0.1, 0.15) is 5.01 Å². The Morgan fingerprint density at radius 2 is 2.22 bits per heavy atom. The smallest absolute Gasteiger partial charge is 0.125 e. The largest absolute Gasteiger partial charge is 0.378 e. The SMILES string of the molecule is COCc1nc(-c2cccnc2)sc1C(C)(C)N. The summed E-state index contributed by atoms with van der Waals surface area (Å²) in [6.07, 6.45) is 3.56. The van der Waals surface area contributed by atoms with E-state index >= 15 is 0 Å². The van der Waals surface area contributed by atoms with Gasteiger partial charge in [-0.2, -0.15) is 0 Å². The minimum atomic E-state index is -0.411. The Morgan fingerprint density at radius 3 is 2.78 bits per heavy atom. The van der Waals surface area contributed by atoms with Gasteiger partial charge >= 0.3 is 0 Å². The van der Waals surface area contributed by atoms with E-state index in [2.05, 4.69) is 9.97 Å². The minimum Gasteiger partial charge on any atom is -0.378 e. The van der Waals surface area contributed by atoms with Crippen molar-refractivity contribution in [3.05, 3.63) is 35.1 Å². The van der Waals surface area contributed by atoms with Crippen molar-refractivity contribution < 1.29 is 4.74 Å². The average Bonchev–Trinajstić information content (AvgIpc) is 2.75. The van der Waals surface area contributed by atoms with Crippen molar-refractivity contribution in [2.45, 2.75) is 26.0 Å². The first-order valence-electron chi connectivity index (χ1n) is 5.71. The molecule has 18 heavy (non-hydrogen) atoms. The molecule has 4 nitrogen and oxygen atoms in total. The predicted octanol–water partition coefficient (Wildman–Crippen LogP) is 2.55. The highest BCUT2D eigenvalue weighted by Gasteiger charge is 2.23. The van der Waals surface area contributed by atoms with Crippen LogP contribution in [-0.4, -0.2) is 17.1 Å². The van der Waals surface area contributed by atoms with Gasteiger partial charge in [-0.1, -0.05) is 0 Å². The van der Waals surface area contributed by atoms with E-state index in [0.29, 0.717) is 6.61 Å². The van der Waals surface area contributed by atoms with Crippen LogP contribution >= 0.6 is 11.3 Å². The van der Waals surface area contributed by atoms with Crippen LogP contribution in [-0.2, 0) is 16.9 Å². The Bertz CT molecular complexity index is 517. The molecule has 0 atom stereocenters. The quantitative estimate of drug-likeness (QED) is 0.921. The Kier molecular flexibility index (Phi) is 3.75. The van der Waals surface area contributed by atoms with Crippen molar-refractivity contribution in [2.75, 3.05) is 7.11 Å². The molecule has 96 valence electrons. The van der Waals surface area contributed by atoms with E-state index in [1.807, 2.05) is 32.2 Å². The second-order valence-corrected chi connectivity index (χ2v) is 5.69. The van der Waals surface area contributed by atoms with Crippen LogP contribution < -0.4 is 5.73 Å². The predicted molar refractivity (Wildman–Crippen MR) is 73.3 cm³/mol. The molecule has 2 aromatic heterocycles. The molecule has 0 bridgehead atoms. The van der Waals surface area contributed by atoms with Gasteiger partial charge in [0.2, 0.25) is 0 Å².